The van der Waals surface area contributed by atoms with Crippen LogP contribution < -0.4 is 4.90 Å². The number of aromatic nitrogens is 4. The molecule has 124 valence electrons. The maximum absolute atomic E-state index is 5.96. The molecule has 0 N–H and O–H groups in total. The van der Waals surface area contributed by atoms with Crippen molar-refractivity contribution in [3.8, 4) is 0 Å². The molecule has 0 spiro atoms. The predicted octanol–water partition coefficient (Wildman–Crippen LogP) is 2.35. The van der Waals surface area contributed by atoms with Crippen LogP contribution in [0, 0.1) is 13.8 Å². The highest BCUT2D eigenvalue weighted by atomic mass is 16.5. The van der Waals surface area contributed by atoms with Gasteiger partial charge in [-0.1, -0.05) is 12.1 Å². The number of rotatable bonds is 3. The summed E-state index contributed by atoms with van der Waals surface area (Å²) in [6, 6.07) is 10.2. The van der Waals surface area contributed by atoms with Crippen LogP contribution in [0.5, 0.6) is 0 Å². The zero-order valence-electron chi connectivity index (χ0n) is 14.0. The van der Waals surface area contributed by atoms with Gasteiger partial charge in [0.2, 0.25) is 0 Å². The molecular weight excluding hydrogens is 302 g/mol. The fraction of sp³-hybridized carbons (Fsp3) is 0.389. The number of morpholine rings is 1. The van der Waals surface area contributed by atoms with E-state index in [0.717, 1.165) is 42.0 Å². The van der Waals surface area contributed by atoms with Crippen LogP contribution in [0.3, 0.4) is 0 Å². The van der Waals surface area contributed by atoms with Gasteiger partial charge in [-0.2, -0.15) is 5.10 Å². The molecule has 1 aliphatic rings. The highest BCUT2D eigenvalue weighted by Crippen LogP contribution is 2.24. The molecule has 0 saturated carbocycles. The van der Waals surface area contributed by atoms with Crippen LogP contribution in [-0.2, 0) is 11.3 Å². The topological polar surface area (TPSA) is 56.1 Å². The molecule has 0 aliphatic carbocycles. The number of para-hydroxylation sites is 1. The van der Waals surface area contributed by atoms with Gasteiger partial charge < -0.3 is 9.64 Å². The largest absolute Gasteiger partial charge is 0.373 e. The molecule has 6 heteroatoms. The third-order valence-corrected chi connectivity index (χ3v) is 4.44. The van der Waals surface area contributed by atoms with Crippen LogP contribution >= 0.6 is 0 Å². The molecule has 1 atom stereocenters. The lowest BCUT2D eigenvalue weighted by molar-refractivity contribution is 0.0268. The van der Waals surface area contributed by atoms with E-state index >= 15 is 0 Å². The molecule has 3 aromatic rings. The van der Waals surface area contributed by atoms with Gasteiger partial charge in [0.15, 0.2) is 0 Å². The van der Waals surface area contributed by atoms with Crippen LogP contribution in [0.2, 0.25) is 0 Å². The van der Waals surface area contributed by atoms with E-state index in [1.54, 1.807) is 6.33 Å². The van der Waals surface area contributed by atoms with E-state index in [-0.39, 0.29) is 6.10 Å². The zero-order chi connectivity index (χ0) is 16.5. The third-order valence-electron chi connectivity index (χ3n) is 4.44. The number of ether oxygens (including phenoxy) is 1. The summed E-state index contributed by atoms with van der Waals surface area (Å²) in [5.74, 6) is 0.988. The maximum Gasteiger partial charge on any atom is 0.140 e. The molecule has 3 heterocycles. The smallest absolute Gasteiger partial charge is 0.140 e. The second-order valence-corrected chi connectivity index (χ2v) is 6.26. The second-order valence-electron chi connectivity index (χ2n) is 6.26. The first-order chi connectivity index (χ1) is 11.7. The Morgan fingerprint density at radius 1 is 1.21 bits per heavy atom. The summed E-state index contributed by atoms with van der Waals surface area (Å²) < 4.78 is 7.99. The van der Waals surface area contributed by atoms with Gasteiger partial charge in [0, 0.05) is 24.2 Å². The molecule has 2 aromatic heterocycles. The summed E-state index contributed by atoms with van der Waals surface area (Å²) in [5.41, 5.74) is 3.19. The van der Waals surface area contributed by atoms with Crippen molar-refractivity contribution >= 4 is 16.7 Å². The number of nitrogens with zero attached hydrogens (tertiary/aromatic N) is 5. The van der Waals surface area contributed by atoms with Gasteiger partial charge in [-0.15, -0.1) is 0 Å². The second kappa shape index (κ2) is 6.20. The molecule has 0 bridgehead atoms. The van der Waals surface area contributed by atoms with Crippen LogP contribution in [-0.4, -0.2) is 45.5 Å². The lowest BCUT2D eigenvalue weighted by atomic mass is 10.2. The Morgan fingerprint density at radius 2 is 2.08 bits per heavy atom. The number of fused-ring (bicyclic) bond motifs is 1. The van der Waals surface area contributed by atoms with Gasteiger partial charge in [0.1, 0.15) is 12.1 Å². The van der Waals surface area contributed by atoms with E-state index in [2.05, 4.69) is 39.0 Å². The first kappa shape index (κ1) is 15.1. The van der Waals surface area contributed by atoms with Gasteiger partial charge in [0.05, 0.1) is 30.5 Å². The number of hydrogen-bond donors (Lipinski definition) is 0. The highest BCUT2D eigenvalue weighted by molar-refractivity contribution is 5.89. The first-order valence-electron chi connectivity index (χ1n) is 8.28. The molecular formula is C18H21N5O. The molecule has 1 aromatic carbocycles. The Kier molecular flexibility index (Phi) is 3.90. The molecule has 1 unspecified atom stereocenters. The SMILES string of the molecule is Cc1cc(C)n(CC2CN(c3ncnc4ccccc34)CCO2)n1. The number of anilines is 1. The average molecular weight is 323 g/mol. The van der Waals surface area contributed by atoms with Gasteiger partial charge >= 0.3 is 0 Å². The van der Waals surface area contributed by atoms with Crippen molar-refractivity contribution in [2.75, 3.05) is 24.6 Å². The van der Waals surface area contributed by atoms with Gasteiger partial charge in [-0.05, 0) is 32.0 Å². The van der Waals surface area contributed by atoms with Gasteiger partial charge in [-0.3, -0.25) is 4.68 Å². The van der Waals surface area contributed by atoms with E-state index in [4.69, 9.17) is 4.74 Å². The lowest BCUT2D eigenvalue weighted by Crippen LogP contribution is -2.45. The molecule has 4 rings (SSSR count). The fourth-order valence-corrected chi connectivity index (χ4v) is 3.32. The highest BCUT2D eigenvalue weighted by Gasteiger charge is 2.24. The maximum atomic E-state index is 5.96. The molecule has 0 radical (unpaired) electrons. The van der Waals surface area contributed by atoms with Crippen molar-refractivity contribution in [3.63, 3.8) is 0 Å². The minimum Gasteiger partial charge on any atom is -0.373 e. The normalized spacial score (nSPS) is 18.2. The Morgan fingerprint density at radius 3 is 2.92 bits per heavy atom. The summed E-state index contributed by atoms with van der Waals surface area (Å²) in [6.07, 6.45) is 1.74. The average Bonchev–Trinajstić information content (AvgIpc) is 2.92. The van der Waals surface area contributed by atoms with E-state index in [1.807, 2.05) is 29.8 Å². The zero-order valence-corrected chi connectivity index (χ0v) is 14.0. The van der Waals surface area contributed by atoms with Crippen LogP contribution in [0.15, 0.2) is 36.7 Å². The van der Waals surface area contributed by atoms with E-state index < -0.39 is 0 Å². The first-order valence-corrected chi connectivity index (χ1v) is 8.28. The van der Waals surface area contributed by atoms with Crippen LogP contribution in [0.25, 0.3) is 10.9 Å². The quantitative estimate of drug-likeness (QED) is 0.740. The van der Waals surface area contributed by atoms with E-state index in [9.17, 15) is 0 Å². The molecule has 24 heavy (non-hydrogen) atoms. The van der Waals surface area contributed by atoms with Crippen molar-refractivity contribution in [3.05, 3.63) is 48.0 Å². The summed E-state index contributed by atoms with van der Waals surface area (Å²) in [7, 11) is 0. The number of hydrogen-bond acceptors (Lipinski definition) is 5. The van der Waals surface area contributed by atoms with E-state index in [0.29, 0.717) is 6.61 Å². The van der Waals surface area contributed by atoms with Gasteiger partial charge in [-0.25, -0.2) is 9.97 Å². The molecule has 6 nitrogen and oxygen atoms in total. The third kappa shape index (κ3) is 2.85. The minimum absolute atomic E-state index is 0.102. The van der Waals surface area contributed by atoms with E-state index in [1.165, 1.54) is 5.69 Å². The molecule has 0 amide bonds. The number of benzene rings is 1. The van der Waals surface area contributed by atoms with Gasteiger partial charge in [0.25, 0.3) is 0 Å². The predicted molar refractivity (Wildman–Crippen MR) is 93.2 cm³/mol. The molecule has 1 saturated heterocycles. The minimum atomic E-state index is 0.102. The summed E-state index contributed by atoms with van der Waals surface area (Å²) in [5, 5.41) is 5.63. The molecule has 1 fully saturated rings. The van der Waals surface area contributed by atoms with Crippen LogP contribution in [0.1, 0.15) is 11.4 Å². The summed E-state index contributed by atoms with van der Waals surface area (Å²) >= 11 is 0. The summed E-state index contributed by atoms with van der Waals surface area (Å²) in [6.45, 7) is 7.21. The van der Waals surface area contributed by atoms with Crippen LogP contribution in [0.4, 0.5) is 5.82 Å². The molecule has 1 aliphatic heterocycles. The Labute approximate surface area is 141 Å². The lowest BCUT2D eigenvalue weighted by Gasteiger charge is -2.34. The Balaban J connectivity index is 1.57. The fourth-order valence-electron chi connectivity index (χ4n) is 3.32. The monoisotopic (exact) mass is 323 g/mol. The number of aryl methyl sites for hydroxylation is 2. The van der Waals surface area contributed by atoms with Crippen molar-refractivity contribution < 1.29 is 4.74 Å². The Bertz CT molecular complexity index is 854. The van der Waals surface area contributed by atoms with Crippen molar-refractivity contribution in [1.29, 1.82) is 0 Å². The van der Waals surface area contributed by atoms with Crippen molar-refractivity contribution in [2.45, 2.75) is 26.5 Å². The Hall–Kier alpha value is -2.47. The van der Waals surface area contributed by atoms with Crippen molar-refractivity contribution in [2.24, 2.45) is 0 Å². The van der Waals surface area contributed by atoms with Crippen molar-refractivity contribution in [1.82, 2.24) is 19.7 Å². The summed E-state index contributed by atoms with van der Waals surface area (Å²) in [4.78, 5) is 11.2. The standard InChI is InChI=1S/C18H21N5O/c1-13-9-14(2)23(21-13)11-15-10-22(7-8-24-15)18-16-5-3-4-6-17(16)19-12-20-18/h3-6,9,12,15H,7-8,10-11H2,1-2H3.